The van der Waals surface area contributed by atoms with E-state index in [2.05, 4.69) is 24.0 Å². The second-order valence-corrected chi connectivity index (χ2v) is 11.0. The molecular formula is C27H34N2O3. The van der Waals surface area contributed by atoms with Crippen LogP contribution in [0.2, 0.25) is 0 Å². The first-order valence-electron chi connectivity index (χ1n) is 12.2. The predicted molar refractivity (Wildman–Crippen MR) is 123 cm³/mol. The summed E-state index contributed by atoms with van der Waals surface area (Å²) in [6.07, 6.45) is 12.3. The summed E-state index contributed by atoms with van der Waals surface area (Å²) >= 11 is 0. The molecule has 170 valence electrons. The maximum absolute atomic E-state index is 12.3. The number of rotatable bonds is 3. The van der Waals surface area contributed by atoms with Gasteiger partial charge in [0.1, 0.15) is 0 Å². The molecule has 0 aromatic carbocycles. The fourth-order valence-electron chi connectivity index (χ4n) is 7.95. The van der Waals surface area contributed by atoms with Crippen LogP contribution in [0.3, 0.4) is 0 Å². The third kappa shape index (κ3) is 3.36. The normalized spacial score (nSPS) is 38.9. The van der Waals surface area contributed by atoms with Gasteiger partial charge in [0.15, 0.2) is 11.5 Å². The van der Waals surface area contributed by atoms with Crippen LogP contribution >= 0.6 is 0 Å². The summed E-state index contributed by atoms with van der Waals surface area (Å²) in [4.78, 5) is 33.7. The molecule has 6 atom stereocenters. The van der Waals surface area contributed by atoms with Crippen LogP contribution in [-0.4, -0.2) is 22.4 Å². The van der Waals surface area contributed by atoms with Crippen LogP contribution < -0.4 is 0 Å². The van der Waals surface area contributed by atoms with Gasteiger partial charge in [-0.3, -0.25) is 4.79 Å². The Bertz CT molecular complexity index is 984. The van der Waals surface area contributed by atoms with Crippen LogP contribution in [0.15, 0.2) is 41.2 Å². The Kier molecular flexibility index (Phi) is 5.34. The van der Waals surface area contributed by atoms with E-state index in [1.165, 1.54) is 31.3 Å². The molecule has 0 bridgehead atoms. The zero-order valence-corrected chi connectivity index (χ0v) is 19.5. The Balaban J connectivity index is 1.33. The van der Waals surface area contributed by atoms with E-state index in [0.29, 0.717) is 30.0 Å². The van der Waals surface area contributed by atoms with Crippen molar-refractivity contribution in [2.75, 3.05) is 0 Å². The molecule has 4 aliphatic carbocycles. The number of ketones is 1. The SMILES string of the molecule is C/C(=N\OC(=O)c1ccccn1)[C@H]1CC[C@H]2[C@@H]3CCC4=CC(=O)CC[C@]4(C)[C@H]3CC[C@]12C. The first kappa shape index (κ1) is 21.5. The highest BCUT2D eigenvalue weighted by Crippen LogP contribution is 2.66. The summed E-state index contributed by atoms with van der Waals surface area (Å²) < 4.78 is 0. The molecular weight excluding hydrogens is 400 g/mol. The molecule has 1 heterocycles. The fourth-order valence-corrected chi connectivity index (χ4v) is 7.95. The molecule has 3 saturated carbocycles. The number of hydrogen-bond donors (Lipinski definition) is 0. The van der Waals surface area contributed by atoms with Gasteiger partial charge in [0, 0.05) is 18.5 Å². The summed E-state index contributed by atoms with van der Waals surface area (Å²) in [6.45, 7) is 6.90. The van der Waals surface area contributed by atoms with Crippen molar-refractivity contribution in [3.05, 3.63) is 41.7 Å². The third-order valence-corrected chi connectivity index (χ3v) is 9.61. The zero-order chi connectivity index (χ0) is 22.5. The number of fused-ring (bicyclic) bond motifs is 5. The highest BCUT2D eigenvalue weighted by Gasteiger charge is 2.59. The molecule has 0 spiro atoms. The van der Waals surface area contributed by atoms with Crippen LogP contribution in [0.4, 0.5) is 0 Å². The molecule has 0 aliphatic heterocycles. The molecule has 0 N–H and O–H groups in total. The Hall–Kier alpha value is -2.30. The van der Waals surface area contributed by atoms with Crippen molar-refractivity contribution in [2.24, 2.45) is 39.7 Å². The number of nitrogens with zero attached hydrogens (tertiary/aromatic N) is 2. The van der Waals surface area contributed by atoms with Crippen molar-refractivity contribution in [2.45, 2.75) is 72.1 Å². The number of carbonyl (C=O) groups excluding carboxylic acids is 2. The lowest BCUT2D eigenvalue weighted by Gasteiger charge is -2.58. The van der Waals surface area contributed by atoms with Gasteiger partial charge < -0.3 is 4.84 Å². The standard InChI is InChI=1S/C27H34N2O3/c1-17(29-32-25(31)24-6-4-5-15-28-24)21-9-10-22-20-8-7-18-16-19(30)11-13-26(18,2)23(20)12-14-27(21,22)3/h4-6,15-16,20-23H,7-14H2,1-3H3/b29-17+/t20-,21+,22-,23-,26-,27+/m0/s1. The van der Waals surface area contributed by atoms with Crippen LogP contribution in [-0.2, 0) is 9.63 Å². The van der Waals surface area contributed by atoms with Gasteiger partial charge in [-0.1, -0.05) is 30.6 Å². The number of oxime groups is 1. The summed E-state index contributed by atoms with van der Waals surface area (Å²) in [5, 5.41) is 4.29. The van der Waals surface area contributed by atoms with Gasteiger partial charge in [-0.05, 0) is 98.7 Å². The molecule has 5 nitrogen and oxygen atoms in total. The minimum atomic E-state index is -0.500. The molecule has 3 fully saturated rings. The Morgan fingerprint density at radius 3 is 2.72 bits per heavy atom. The van der Waals surface area contributed by atoms with E-state index in [0.717, 1.165) is 30.9 Å². The molecule has 32 heavy (non-hydrogen) atoms. The van der Waals surface area contributed by atoms with Crippen molar-refractivity contribution in [1.82, 2.24) is 4.98 Å². The van der Waals surface area contributed by atoms with E-state index in [1.54, 1.807) is 24.4 Å². The highest BCUT2D eigenvalue weighted by molar-refractivity contribution is 5.91. The van der Waals surface area contributed by atoms with Gasteiger partial charge >= 0.3 is 5.97 Å². The molecule has 1 aromatic rings. The Morgan fingerprint density at radius 1 is 1.09 bits per heavy atom. The number of hydrogen-bond acceptors (Lipinski definition) is 5. The van der Waals surface area contributed by atoms with Crippen molar-refractivity contribution >= 4 is 17.5 Å². The lowest BCUT2D eigenvalue weighted by atomic mass is 9.46. The first-order valence-corrected chi connectivity index (χ1v) is 12.2. The van der Waals surface area contributed by atoms with E-state index < -0.39 is 5.97 Å². The van der Waals surface area contributed by atoms with Crippen LogP contribution in [0.25, 0.3) is 0 Å². The number of pyridine rings is 1. The van der Waals surface area contributed by atoms with E-state index in [9.17, 15) is 9.59 Å². The van der Waals surface area contributed by atoms with Crippen molar-refractivity contribution in [3.63, 3.8) is 0 Å². The summed E-state index contributed by atoms with van der Waals surface area (Å²) in [6, 6.07) is 5.19. The van der Waals surface area contributed by atoms with Crippen LogP contribution in [0.1, 0.15) is 82.6 Å². The summed E-state index contributed by atoms with van der Waals surface area (Å²) in [5.74, 6) is 2.26. The molecule has 5 rings (SSSR count). The summed E-state index contributed by atoms with van der Waals surface area (Å²) in [5.41, 5.74) is 3.05. The largest absolute Gasteiger partial charge is 0.383 e. The topological polar surface area (TPSA) is 68.6 Å². The van der Waals surface area contributed by atoms with Gasteiger partial charge in [0.25, 0.3) is 0 Å². The van der Waals surface area contributed by atoms with Crippen molar-refractivity contribution < 1.29 is 14.4 Å². The summed E-state index contributed by atoms with van der Waals surface area (Å²) in [7, 11) is 0. The first-order chi connectivity index (χ1) is 15.3. The third-order valence-electron chi connectivity index (χ3n) is 9.61. The van der Waals surface area contributed by atoms with Crippen molar-refractivity contribution in [3.8, 4) is 0 Å². The van der Waals surface area contributed by atoms with Crippen molar-refractivity contribution in [1.29, 1.82) is 0 Å². The Labute approximate surface area is 190 Å². The average Bonchev–Trinajstić information content (AvgIpc) is 3.15. The Morgan fingerprint density at radius 2 is 1.94 bits per heavy atom. The van der Waals surface area contributed by atoms with E-state index >= 15 is 0 Å². The van der Waals surface area contributed by atoms with Gasteiger partial charge in [0.05, 0.1) is 5.71 Å². The maximum Gasteiger partial charge on any atom is 0.383 e. The molecule has 0 radical (unpaired) electrons. The van der Waals surface area contributed by atoms with E-state index in [4.69, 9.17) is 4.84 Å². The minimum absolute atomic E-state index is 0.203. The predicted octanol–water partition coefficient (Wildman–Crippen LogP) is 5.76. The highest BCUT2D eigenvalue weighted by atomic mass is 16.7. The molecule has 0 unspecified atom stereocenters. The van der Waals surface area contributed by atoms with E-state index in [1.807, 2.05) is 13.0 Å². The van der Waals surface area contributed by atoms with E-state index in [-0.39, 0.29) is 16.5 Å². The fraction of sp³-hybridized carbons (Fsp3) is 0.630. The van der Waals surface area contributed by atoms with Gasteiger partial charge in [-0.2, -0.15) is 0 Å². The van der Waals surface area contributed by atoms with Gasteiger partial charge in [0.2, 0.25) is 0 Å². The van der Waals surface area contributed by atoms with Gasteiger partial charge in [-0.15, -0.1) is 0 Å². The lowest BCUT2D eigenvalue weighted by Crippen LogP contribution is -2.51. The monoisotopic (exact) mass is 434 g/mol. The zero-order valence-electron chi connectivity index (χ0n) is 19.5. The van der Waals surface area contributed by atoms with Crippen LogP contribution in [0.5, 0.6) is 0 Å². The average molecular weight is 435 g/mol. The quantitative estimate of drug-likeness (QED) is 0.344. The molecule has 1 aromatic heterocycles. The molecule has 0 amide bonds. The smallest absolute Gasteiger partial charge is 0.311 e. The van der Waals surface area contributed by atoms with Crippen LogP contribution in [0, 0.1) is 34.5 Å². The molecule has 0 saturated heterocycles. The minimum Gasteiger partial charge on any atom is -0.311 e. The second kappa shape index (κ2) is 7.93. The lowest BCUT2D eigenvalue weighted by molar-refractivity contribution is -0.117. The maximum atomic E-state index is 12.3. The number of aromatic nitrogens is 1. The molecule has 4 aliphatic rings. The molecule has 5 heteroatoms. The van der Waals surface area contributed by atoms with Gasteiger partial charge in [-0.25, -0.2) is 9.78 Å². The number of carbonyl (C=O) groups is 2. The second-order valence-electron chi connectivity index (χ2n) is 11.0. The number of allylic oxidation sites excluding steroid dienone is 1.